The van der Waals surface area contributed by atoms with E-state index < -0.39 is 25.0 Å². The molecule has 1 fully saturated rings. The lowest BCUT2D eigenvalue weighted by molar-refractivity contribution is -0.134. The third-order valence-electron chi connectivity index (χ3n) is 6.07. The van der Waals surface area contributed by atoms with Crippen LogP contribution in [0.25, 0.3) is 0 Å². The maximum Gasteiger partial charge on any atom is 0.328 e. The third-order valence-corrected chi connectivity index (χ3v) is 7.20. The van der Waals surface area contributed by atoms with E-state index in [1.807, 2.05) is 37.3 Å². The molecule has 3 N–H and O–H groups in total. The molecule has 9 nitrogen and oxygen atoms in total. The van der Waals surface area contributed by atoms with Crippen molar-refractivity contribution in [2.45, 2.75) is 29.6 Å². The summed E-state index contributed by atoms with van der Waals surface area (Å²) in [5.74, 6) is -2.38. The van der Waals surface area contributed by atoms with Gasteiger partial charge in [0.2, 0.25) is 0 Å². The summed E-state index contributed by atoms with van der Waals surface area (Å²) in [6, 6.07) is 14.3. The fourth-order valence-corrected chi connectivity index (χ4v) is 5.27. The van der Waals surface area contributed by atoms with Gasteiger partial charge in [-0.2, -0.15) is 0 Å². The molecule has 10 heteroatoms. The smallest absolute Gasteiger partial charge is 0.328 e. The number of benzene rings is 2. The van der Waals surface area contributed by atoms with Crippen LogP contribution in [0.3, 0.4) is 0 Å². The van der Waals surface area contributed by atoms with Gasteiger partial charge in [0.1, 0.15) is 0 Å². The Morgan fingerprint density at radius 3 is 2.18 bits per heavy atom. The second kappa shape index (κ2) is 14.7. The van der Waals surface area contributed by atoms with Gasteiger partial charge in [-0.15, -0.1) is 0 Å². The molecule has 0 aliphatic carbocycles. The summed E-state index contributed by atoms with van der Waals surface area (Å²) in [6.07, 6.45) is 2.48. The van der Waals surface area contributed by atoms with Crippen molar-refractivity contribution in [1.82, 2.24) is 9.80 Å². The molecule has 0 atom stereocenters. The van der Waals surface area contributed by atoms with Gasteiger partial charge in [0.25, 0.3) is 0 Å². The van der Waals surface area contributed by atoms with Crippen LogP contribution in [0.4, 0.5) is 11.4 Å². The van der Waals surface area contributed by atoms with Crippen LogP contribution in [0.5, 0.6) is 0 Å². The summed E-state index contributed by atoms with van der Waals surface area (Å²) in [7, 11) is 0. The predicted molar refractivity (Wildman–Crippen MR) is 148 cm³/mol. The summed E-state index contributed by atoms with van der Waals surface area (Å²) in [6.45, 7) is 0.145. The monoisotopic (exact) mass is 545 g/mol. The van der Waals surface area contributed by atoms with Gasteiger partial charge in [-0.3, -0.25) is 9.69 Å². The average Bonchev–Trinajstić information content (AvgIpc) is 2.95. The lowest BCUT2D eigenvalue weighted by Gasteiger charge is -2.36. The van der Waals surface area contributed by atoms with E-state index in [0.717, 1.165) is 41.3 Å². The molecule has 2 aliphatic rings. The van der Waals surface area contributed by atoms with Gasteiger partial charge in [0, 0.05) is 75.9 Å². The molecule has 2 aromatic rings. The van der Waals surface area contributed by atoms with Crippen LogP contribution >= 0.6 is 11.8 Å². The first-order valence-corrected chi connectivity index (χ1v) is 13.1. The van der Waals surface area contributed by atoms with E-state index in [9.17, 15) is 19.5 Å². The molecule has 0 saturated carbocycles. The number of para-hydroxylation sites is 1. The van der Waals surface area contributed by atoms with E-state index in [2.05, 4.69) is 21.9 Å². The van der Waals surface area contributed by atoms with Crippen molar-refractivity contribution in [3.05, 3.63) is 60.2 Å². The standard InChI is InChI=1S/C24H31N3O2S.C4H4O4/c1-2-22(29)19-8-9-24-21(18-19)27(20-6-3-4-7-23(20)30-24)11-5-10-25-12-14-26(15-13-25)16-17-28;5-3(6)1-2-4(7)8/h3-4,6-9,18,28H,2,5,10-17H2,1H3;1-2H,(H,5,6)(H,7,8)/b;2-1-/i16D2,17D2;. The van der Waals surface area contributed by atoms with Crippen LogP contribution in [0, 0.1) is 0 Å². The third kappa shape index (κ3) is 8.42. The number of piperazine rings is 1. The normalized spacial score (nSPS) is 17.7. The van der Waals surface area contributed by atoms with Gasteiger partial charge in [-0.1, -0.05) is 36.9 Å². The van der Waals surface area contributed by atoms with Crippen molar-refractivity contribution in [2.75, 3.05) is 57.2 Å². The van der Waals surface area contributed by atoms with Crippen LogP contribution in [0.1, 0.15) is 35.6 Å². The molecule has 38 heavy (non-hydrogen) atoms. The molecule has 204 valence electrons. The molecule has 2 aliphatic heterocycles. The van der Waals surface area contributed by atoms with Crippen LogP contribution < -0.4 is 4.90 Å². The predicted octanol–water partition coefficient (Wildman–Crippen LogP) is 3.59. The topological polar surface area (TPSA) is 122 Å². The Labute approximate surface area is 233 Å². The molecule has 0 bridgehead atoms. The highest BCUT2D eigenvalue weighted by atomic mass is 32.2. The quantitative estimate of drug-likeness (QED) is 0.302. The molecule has 2 aromatic carbocycles. The molecular weight excluding hydrogens is 506 g/mol. The lowest BCUT2D eigenvalue weighted by atomic mass is 10.1. The SMILES string of the molecule is O=C(O)/C=C\C(=O)O.[2H]C([2H])(O)C([2H])([2H])N1CCN(CCCN2c3ccccc3Sc3ccc(C(=O)CC)cc32)CC1. The average molecular weight is 546 g/mol. The number of carbonyl (C=O) groups excluding carboxylic acids is 1. The fourth-order valence-electron chi connectivity index (χ4n) is 4.20. The minimum absolute atomic E-state index is 0.136. The number of hydrogen-bond acceptors (Lipinski definition) is 8. The van der Waals surface area contributed by atoms with Crippen LogP contribution in [-0.4, -0.2) is 95.2 Å². The van der Waals surface area contributed by atoms with Crippen molar-refractivity contribution >= 4 is 40.9 Å². The second-order valence-corrected chi connectivity index (χ2v) is 9.68. The minimum Gasteiger partial charge on any atom is -0.478 e. The van der Waals surface area contributed by atoms with E-state index in [0.29, 0.717) is 44.8 Å². The van der Waals surface area contributed by atoms with Crippen molar-refractivity contribution in [3.8, 4) is 0 Å². The lowest BCUT2D eigenvalue weighted by Crippen LogP contribution is -2.47. The largest absolute Gasteiger partial charge is 0.478 e. The number of carboxylic acid groups (broad SMARTS) is 2. The summed E-state index contributed by atoms with van der Waals surface area (Å²) in [4.78, 5) is 39.7. The maximum atomic E-state index is 12.3. The van der Waals surface area contributed by atoms with Crippen LogP contribution in [0.2, 0.25) is 0 Å². The number of Topliss-reactive ketones (excluding diaryl/α,β-unsaturated/α-hetero) is 1. The molecule has 0 aromatic heterocycles. The first kappa shape index (κ1) is 23.9. The van der Waals surface area contributed by atoms with Crippen LogP contribution in [-0.2, 0) is 9.59 Å². The van der Waals surface area contributed by atoms with Crippen molar-refractivity contribution in [3.63, 3.8) is 0 Å². The molecule has 4 rings (SSSR count). The number of fused-ring (bicyclic) bond motifs is 2. The van der Waals surface area contributed by atoms with Crippen molar-refractivity contribution in [2.24, 2.45) is 0 Å². The Kier molecular flexibility index (Phi) is 9.23. The first-order chi connectivity index (χ1) is 19.7. The minimum atomic E-state index is -2.90. The number of anilines is 2. The Bertz CT molecular complexity index is 1300. The number of nitrogens with zero attached hydrogens (tertiary/aromatic N) is 3. The number of β-amino-alcohol motifs (C(OH)–C–C–N with tert-alkyl or cyclic N) is 1. The van der Waals surface area contributed by atoms with E-state index in [1.54, 1.807) is 11.8 Å². The zero-order valence-electron chi connectivity index (χ0n) is 25.2. The molecule has 0 amide bonds. The van der Waals surface area contributed by atoms with Crippen molar-refractivity contribution in [1.29, 1.82) is 0 Å². The Balaban J connectivity index is 0.000000531. The van der Waals surface area contributed by atoms with E-state index in [4.69, 9.17) is 15.7 Å². The van der Waals surface area contributed by atoms with Crippen molar-refractivity contribution < 1.29 is 35.2 Å². The van der Waals surface area contributed by atoms with Crippen LogP contribution in [0.15, 0.2) is 64.4 Å². The van der Waals surface area contributed by atoms with E-state index >= 15 is 0 Å². The number of ketones is 1. The van der Waals surface area contributed by atoms with Gasteiger partial charge in [-0.25, -0.2) is 9.59 Å². The molecule has 2 heterocycles. The number of aliphatic hydroxyl groups is 1. The summed E-state index contributed by atoms with van der Waals surface area (Å²) in [5, 5.41) is 25.2. The highest BCUT2D eigenvalue weighted by Crippen LogP contribution is 2.48. The van der Waals surface area contributed by atoms with E-state index in [1.165, 1.54) is 9.80 Å². The summed E-state index contributed by atoms with van der Waals surface area (Å²) in [5.41, 5.74) is 2.94. The Morgan fingerprint density at radius 2 is 1.55 bits per heavy atom. The Morgan fingerprint density at radius 1 is 0.921 bits per heavy atom. The highest BCUT2D eigenvalue weighted by Gasteiger charge is 2.24. The number of carboxylic acids is 2. The van der Waals surface area contributed by atoms with Gasteiger partial charge in [-0.05, 0) is 37.2 Å². The van der Waals surface area contributed by atoms with Gasteiger partial charge < -0.3 is 25.1 Å². The molecule has 0 unspecified atom stereocenters. The molecule has 1 saturated heterocycles. The maximum absolute atomic E-state index is 12.3. The second-order valence-electron chi connectivity index (χ2n) is 8.60. The number of aliphatic carboxylic acids is 2. The molecule has 0 spiro atoms. The zero-order chi connectivity index (χ0) is 31.1. The molecular formula is C28H35N3O6S. The summed E-state index contributed by atoms with van der Waals surface area (Å²) >= 11 is 1.72. The zero-order valence-corrected chi connectivity index (χ0v) is 22.0. The highest BCUT2D eigenvalue weighted by molar-refractivity contribution is 7.99. The van der Waals surface area contributed by atoms with Gasteiger partial charge in [0.15, 0.2) is 5.78 Å². The first-order valence-electron chi connectivity index (χ1n) is 14.3. The molecule has 0 radical (unpaired) electrons. The fraction of sp³-hybridized carbons (Fsp3) is 0.393. The summed E-state index contributed by atoms with van der Waals surface area (Å²) < 4.78 is 30.6. The number of hydrogen-bond donors (Lipinski definition) is 3. The van der Waals surface area contributed by atoms with E-state index in [-0.39, 0.29) is 5.78 Å². The number of carbonyl (C=O) groups is 3. The van der Waals surface area contributed by atoms with Gasteiger partial charge >= 0.3 is 11.9 Å². The van der Waals surface area contributed by atoms with Gasteiger partial charge in [0.05, 0.1) is 20.7 Å². The Hall–Kier alpha value is -3.18. The number of rotatable bonds is 10.